The van der Waals surface area contributed by atoms with Crippen molar-refractivity contribution in [1.82, 2.24) is 10.9 Å². The van der Waals surface area contributed by atoms with Crippen LogP contribution in [0.4, 0.5) is 5.69 Å². The fourth-order valence-electron chi connectivity index (χ4n) is 2.95. The number of amides is 3. The van der Waals surface area contributed by atoms with Crippen molar-refractivity contribution in [2.24, 2.45) is 5.92 Å². The predicted octanol–water partition coefficient (Wildman–Crippen LogP) is 2.55. The highest BCUT2D eigenvalue weighted by atomic mass is 35.5. The minimum atomic E-state index is -0.564. The molecule has 0 bridgehead atoms. The number of carbonyl (C=O) groups is 3. The number of hydrogen-bond acceptors (Lipinski definition) is 4. The van der Waals surface area contributed by atoms with Gasteiger partial charge in [0.15, 0.2) is 0 Å². The lowest BCUT2D eigenvalue weighted by Crippen LogP contribution is -2.45. The zero-order chi connectivity index (χ0) is 20.1. The van der Waals surface area contributed by atoms with Gasteiger partial charge in [-0.05, 0) is 43.3 Å². The molecule has 1 atom stereocenters. The molecule has 0 spiro atoms. The van der Waals surface area contributed by atoms with Gasteiger partial charge in [0, 0.05) is 18.7 Å². The molecule has 7 nitrogen and oxygen atoms in total. The Labute approximate surface area is 167 Å². The Kier molecular flexibility index (Phi) is 6.16. The predicted molar refractivity (Wildman–Crippen MR) is 105 cm³/mol. The van der Waals surface area contributed by atoms with E-state index in [1.807, 2.05) is 6.92 Å². The molecule has 1 saturated heterocycles. The zero-order valence-electron chi connectivity index (χ0n) is 15.3. The third-order valence-electron chi connectivity index (χ3n) is 4.37. The van der Waals surface area contributed by atoms with Crippen LogP contribution >= 0.6 is 11.6 Å². The Balaban J connectivity index is 1.57. The van der Waals surface area contributed by atoms with Gasteiger partial charge in [0.1, 0.15) is 5.75 Å². The molecule has 1 fully saturated rings. The molecule has 146 valence electrons. The summed E-state index contributed by atoms with van der Waals surface area (Å²) in [5.74, 6) is -0.948. The van der Waals surface area contributed by atoms with Crippen LogP contribution in [0.25, 0.3) is 0 Å². The summed E-state index contributed by atoms with van der Waals surface area (Å²) in [5.41, 5.74) is 5.66. The molecule has 3 rings (SSSR count). The third kappa shape index (κ3) is 4.43. The first-order chi connectivity index (χ1) is 13.5. The SMILES string of the molecule is CCOc1ccc(N2C[C@@H](C(=O)NNC(=O)c3ccccc3Cl)CC2=O)cc1. The van der Waals surface area contributed by atoms with E-state index in [9.17, 15) is 14.4 Å². The minimum absolute atomic E-state index is 0.0704. The zero-order valence-corrected chi connectivity index (χ0v) is 16.0. The van der Waals surface area contributed by atoms with Crippen LogP contribution in [-0.4, -0.2) is 30.9 Å². The van der Waals surface area contributed by atoms with Gasteiger partial charge in [0.2, 0.25) is 11.8 Å². The molecule has 2 aromatic carbocycles. The highest BCUT2D eigenvalue weighted by Crippen LogP contribution is 2.27. The minimum Gasteiger partial charge on any atom is -0.494 e. The molecule has 2 aromatic rings. The van der Waals surface area contributed by atoms with Crippen LogP contribution in [0.1, 0.15) is 23.7 Å². The van der Waals surface area contributed by atoms with Crippen LogP contribution < -0.4 is 20.5 Å². The number of nitrogens with zero attached hydrogens (tertiary/aromatic N) is 1. The van der Waals surface area contributed by atoms with Gasteiger partial charge in [-0.15, -0.1) is 0 Å². The van der Waals surface area contributed by atoms with E-state index >= 15 is 0 Å². The fourth-order valence-corrected chi connectivity index (χ4v) is 3.18. The van der Waals surface area contributed by atoms with E-state index in [2.05, 4.69) is 10.9 Å². The average molecular weight is 402 g/mol. The Hall–Kier alpha value is -3.06. The Morgan fingerprint density at radius 1 is 1.14 bits per heavy atom. The molecule has 0 radical (unpaired) electrons. The first-order valence-electron chi connectivity index (χ1n) is 8.87. The van der Waals surface area contributed by atoms with Gasteiger partial charge in [-0.1, -0.05) is 23.7 Å². The molecule has 28 heavy (non-hydrogen) atoms. The highest BCUT2D eigenvalue weighted by molar-refractivity contribution is 6.33. The number of ether oxygens (including phenoxy) is 1. The highest BCUT2D eigenvalue weighted by Gasteiger charge is 2.35. The maximum absolute atomic E-state index is 12.4. The molecule has 0 aromatic heterocycles. The molecule has 8 heteroatoms. The van der Waals surface area contributed by atoms with Crippen molar-refractivity contribution in [1.29, 1.82) is 0 Å². The van der Waals surface area contributed by atoms with Crippen molar-refractivity contribution in [2.45, 2.75) is 13.3 Å². The second-order valence-electron chi connectivity index (χ2n) is 6.26. The van der Waals surface area contributed by atoms with Crippen LogP contribution in [0.5, 0.6) is 5.75 Å². The van der Waals surface area contributed by atoms with Crippen molar-refractivity contribution < 1.29 is 19.1 Å². The van der Waals surface area contributed by atoms with Crippen LogP contribution in [0, 0.1) is 5.92 Å². The molecular weight excluding hydrogens is 382 g/mol. The smallest absolute Gasteiger partial charge is 0.271 e. The van der Waals surface area contributed by atoms with Gasteiger partial charge in [-0.3, -0.25) is 25.2 Å². The van der Waals surface area contributed by atoms with Crippen LogP contribution in [0.2, 0.25) is 5.02 Å². The van der Waals surface area contributed by atoms with Crippen molar-refractivity contribution in [2.75, 3.05) is 18.1 Å². The van der Waals surface area contributed by atoms with Crippen LogP contribution in [-0.2, 0) is 9.59 Å². The van der Waals surface area contributed by atoms with Gasteiger partial charge in [-0.25, -0.2) is 0 Å². The van der Waals surface area contributed by atoms with E-state index in [0.29, 0.717) is 12.3 Å². The van der Waals surface area contributed by atoms with E-state index in [4.69, 9.17) is 16.3 Å². The first kappa shape index (κ1) is 19.7. The van der Waals surface area contributed by atoms with Gasteiger partial charge in [0.05, 0.1) is 23.1 Å². The Morgan fingerprint density at radius 2 is 1.86 bits per heavy atom. The normalized spacial score (nSPS) is 16.0. The fraction of sp³-hybridized carbons (Fsp3) is 0.250. The second kappa shape index (κ2) is 8.75. The van der Waals surface area contributed by atoms with Crippen molar-refractivity contribution in [3.05, 3.63) is 59.1 Å². The van der Waals surface area contributed by atoms with Gasteiger partial charge in [0.25, 0.3) is 5.91 Å². The second-order valence-corrected chi connectivity index (χ2v) is 6.66. The molecular formula is C20H20ClN3O4. The molecule has 1 aliphatic rings. The summed E-state index contributed by atoms with van der Waals surface area (Å²) in [4.78, 5) is 38.4. The molecule has 0 unspecified atom stereocenters. The van der Waals surface area contributed by atoms with E-state index in [-0.39, 0.29) is 29.5 Å². The number of halogens is 1. The lowest BCUT2D eigenvalue weighted by atomic mass is 10.1. The van der Waals surface area contributed by atoms with Gasteiger partial charge < -0.3 is 9.64 Å². The molecule has 0 aliphatic carbocycles. The molecule has 3 amide bonds. The Morgan fingerprint density at radius 3 is 2.54 bits per heavy atom. The topological polar surface area (TPSA) is 87.7 Å². The summed E-state index contributed by atoms with van der Waals surface area (Å²) in [7, 11) is 0. The molecule has 1 aliphatic heterocycles. The quantitative estimate of drug-likeness (QED) is 0.754. The van der Waals surface area contributed by atoms with E-state index in [1.54, 1.807) is 53.4 Å². The van der Waals surface area contributed by atoms with Gasteiger partial charge in [-0.2, -0.15) is 0 Å². The maximum atomic E-state index is 12.4. The number of carbonyl (C=O) groups excluding carboxylic acids is 3. The molecule has 2 N–H and O–H groups in total. The summed E-state index contributed by atoms with van der Waals surface area (Å²) >= 11 is 5.96. The standard InChI is InChI=1S/C20H20ClN3O4/c1-2-28-15-9-7-14(8-10-15)24-12-13(11-18(24)25)19(26)22-23-20(27)16-5-3-4-6-17(16)21/h3-10,13H,2,11-12H2,1H3,(H,22,26)(H,23,27)/t13-/m0/s1. The van der Waals surface area contributed by atoms with Crippen LogP contribution in [0.15, 0.2) is 48.5 Å². The first-order valence-corrected chi connectivity index (χ1v) is 9.25. The summed E-state index contributed by atoms with van der Waals surface area (Å²) in [5, 5.41) is 0.284. The summed E-state index contributed by atoms with van der Waals surface area (Å²) in [6, 6.07) is 13.6. The maximum Gasteiger partial charge on any atom is 0.271 e. The number of anilines is 1. The summed E-state index contributed by atoms with van der Waals surface area (Å²) in [6.07, 6.45) is 0.0704. The lowest BCUT2D eigenvalue weighted by Gasteiger charge is -2.17. The number of rotatable bonds is 5. The van der Waals surface area contributed by atoms with Crippen LogP contribution in [0.3, 0.4) is 0 Å². The summed E-state index contributed by atoms with van der Waals surface area (Å²) < 4.78 is 5.39. The van der Waals surface area contributed by atoms with E-state index < -0.39 is 17.7 Å². The number of nitrogens with one attached hydrogen (secondary N) is 2. The molecule has 0 saturated carbocycles. The summed E-state index contributed by atoms with van der Waals surface area (Å²) in [6.45, 7) is 2.69. The van der Waals surface area contributed by atoms with E-state index in [1.165, 1.54) is 0 Å². The monoisotopic (exact) mass is 401 g/mol. The number of benzene rings is 2. The number of hydrazine groups is 1. The van der Waals surface area contributed by atoms with Gasteiger partial charge >= 0.3 is 0 Å². The lowest BCUT2D eigenvalue weighted by molar-refractivity contribution is -0.126. The third-order valence-corrected chi connectivity index (χ3v) is 4.70. The average Bonchev–Trinajstić information content (AvgIpc) is 3.09. The van der Waals surface area contributed by atoms with Crippen molar-refractivity contribution in [3.63, 3.8) is 0 Å². The Bertz CT molecular complexity index is 885. The molecule has 1 heterocycles. The number of hydrogen-bond donors (Lipinski definition) is 2. The van der Waals surface area contributed by atoms with Crippen molar-refractivity contribution >= 4 is 35.0 Å². The van der Waals surface area contributed by atoms with Crippen molar-refractivity contribution in [3.8, 4) is 5.75 Å². The largest absolute Gasteiger partial charge is 0.494 e. The van der Waals surface area contributed by atoms with E-state index in [0.717, 1.165) is 5.75 Å².